The Morgan fingerprint density at radius 1 is 1.13 bits per heavy atom. The predicted molar refractivity (Wildman–Crippen MR) is 129 cm³/mol. The molecular weight excluding hydrogens is 538 g/mol. The third-order valence-corrected chi connectivity index (χ3v) is 5.65. The second-order valence-corrected chi connectivity index (χ2v) is 9.18. The summed E-state index contributed by atoms with van der Waals surface area (Å²) >= 11 is 14.5. The van der Waals surface area contributed by atoms with Crippen molar-refractivity contribution in [1.82, 2.24) is 10.2 Å². The minimum Gasteiger partial charge on any atom is -0.484 e. The van der Waals surface area contributed by atoms with Crippen molar-refractivity contribution >= 4 is 57.6 Å². The molecule has 8 heteroatoms. The Kier molecular flexibility index (Phi) is 9.71. The number of nitrogens with zero attached hydrogens (tertiary/aromatic N) is 1. The average molecular weight is 563 g/mol. The van der Waals surface area contributed by atoms with Gasteiger partial charge in [0.15, 0.2) is 6.61 Å². The van der Waals surface area contributed by atoms with Gasteiger partial charge >= 0.3 is 0 Å². The van der Waals surface area contributed by atoms with Crippen molar-refractivity contribution in [2.45, 2.75) is 45.8 Å². The van der Waals surface area contributed by atoms with Crippen molar-refractivity contribution in [1.29, 1.82) is 0 Å². The average Bonchev–Trinajstić information content (AvgIpc) is 2.68. The largest absolute Gasteiger partial charge is 0.484 e. The lowest BCUT2D eigenvalue weighted by molar-refractivity contribution is -0.143. The van der Waals surface area contributed by atoms with Gasteiger partial charge < -0.3 is 15.0 Å². The molecule has 0 aromatic heterocycles. The molecule has 2 amide bonds. The molecule has 0 fully saturated rings. The van der Waals surface area contributed by atoms with E-state index >= 15 is 0 Å². The summed E-state index contributed by atoms with van der Waals surface area (Å²) in [7, 11) is 0. The van der Waals surface area contributed by atoms with Crippen LogP contribution in [0.4, 0.5) is 0 Å². The highest BCUT2D eigenvalue weighted by Crippen LogP contribution is 2.24. The van der Waals surface area contributed by atoms with Gasteiger partial charge in [0.05, 0.1) is 0 Å². The van der Waals surface area contributed by atoms with Crippen LogP contribution in [0.15, 0.2) is 42.5 Å². The van der Waals surface area contributed by atoms with Gasteiger partial charge in [-0.2, -0.15) is 0 Å². The Morgan fingerprint density at radius 2 is 1.80 bits per heavy atom. The second kappa shape index (κ2) is 11.8. The van der Waals surface area contributed by atoms with Crippen LogP contribution in [-0.2, 0) is 16.1 Å². The van der Waals surface area contributed by atoms with Crippen LogP contribution in [0.1, 0.15) is 32.8 Å². The summed E-state index contributed by atoms with van der Waals surface area (Å²) in [5, 5.41) is 3.84. The molecule has 162 valence electrons. The summed E-state index contributed by atoms with van der Waals surface area (Å²) in [5.41, 5.74) is 0.708. The molecule has 1 N–H and O–H groups in total. The van der Waals surface area contributed by atoms with Crippen molar-refractivity contribution in [2.75, 3.05) is 6.61 Å². The highest BCUT2D eigenvalue weighted by molar-refractivity contribution is 14.1. The first-order valence-corrected chi connectivity index (χ1v) is 11.5. The summed E-state index contributed by atoms with van der Waals surface area (Å²) in [6.45, 7) is 5.62. The van der Waals surface area contributed by atoms with Gasteiger partial charge in [-0.25, -0.2) is 0 Å². The predicted octanol–water partition coefficient (Wildman–Crippen LogP) is 5.31. The summed E-state index contributed by atoms with van der Waals surface area (Å²) in [4.78, 5) is 27.4. The molecule has 0 radical (unpaired) electrons. The normalized spacial score (nSPS) is 11.8. The van der Waals surface area contributed by atoms with E-state index in [-0.39, 0.29) is 31.0 Å². The maximum atomic E-state index is 13.1. The van der Waals surface area contributed by atoms with Gasteiger partial charge in [-0.15, -0.1) is 0 Å². The lowest BCUT2D eigenvalue weighted by Crippen LogP contribution is -2.51. The van der Waals surface area contributed by atoms with Gasteiger partial charge in [-0.1, -0.05) is 36.2 Å². The van der Waals surface area contributed by atoms with Crippen molar-refractivity contribution in [2.24, 2.45) is 0 Å². The smallest absolute Gasteiger partial charge is 0.261 e. The van der Waals surface area contributed by atoms with Crippen molar-refractivity contribution in [3.8, 4) is 5.75 Å². The molecule has 30 heavy (non-hydrogen) atoms. The molecule has 5 nitrogen and oxygen atoms in total. The SMILES string of the molecule is CC[C@@H](C(=O)NC(C)C)N(Cc1ccc(Cl)cc1Cl)C(=O)COc1ccc(I)cc1. The molecule has 0 heterocycles. The highest BCUT2D eigenvalue weighted by atomic mass is 127. The van der Waals surface area contributed by atoms with Crippen molar-refractivity contribution in [3.05, 3.63) is 61.6 Å². The second-order valence-electron chi connectivity index (χ2n) is 7.09. The first-order valence-electron chi connectivity index (χ1n) is 9.63. The van der Waals surface area contributed by atoms with Crippen molar-refractivity contribution < 1.29 is 14.3 Å². The number of carbonyl (C=O) groups excluding carboxylic acids is 2. The van der Waals surface area contributed by atoms with Gasteiger partial charge in [0.1, 0.15) is 11.8 Å². The molecule has 0 spiro atoms. The molecule has 0 unspecified atom stereocenters. The molecule has 0 aliphatic heterocycles. The topological polar surface area (TPSA) is 58.6 Å². The summed E-state index contributed by atoms with van der Waals surface area (Å²) in [6.07, 6.45) is 0.457. The fourth-order valence-electron chi connectivity index (χ4n) is 2.89. The molecule has 2 aromatic carbocycles. The van der Waals surface area contributed by atoms with Gasteiger partial charge in [-0.3, -0.25) is 9.59 Å². The van der Waals surface area contributed by atoms with Crippen LogP contribution < -0.4 is 10.1 Å². The molecular formula is C22H25Cl2IN2O3. The van der Waals surface area contributed by atoms with Crippen LogP contribution >= 0.6 is 45.8 Å². The number of nitrogens with one attached hydrogen (secondary N) is 1. The summed E-state index contributed by atoms with van der Waals surface area (Å²) < 4.78 is 6.74. The van der Waals surface area contributed by atoms with E-state index in [0.717, 1.165) is 3.57 Å². The monoisotopic (exact) mass is 562 g/mol. The van der Waals surface area contributed by atoms with E-state index in [0.29, 0.717) is 27.8 Å². The Balaban J connectivity index is 2.24. The fraction of sp³-hybridized carbons (Fsp3) is 0.364. The van der Waals surface area contributed by atoms with Gasteiger partial charge in [0.25, 0.3) is 5.91 Å². The number of halogens is 3. The van der Waals surface area contributed by atoms with Crippen LogP contribution in [0, 0.1) is 3.57 Å². The number of rotatable bonds is 9. The lowest BCUT2D eigenvalue weighted by Gasteiger charge is -2.31. The maximum absolute atomic E-state index is 13.1. The van der Waals surface area contributed by atoms with Crippen molar-refractivity contribution in [3.63, 3.8) is 0 Å². The Hall–Kier alpha value is -1.51. The molecule has 0 aliphatic rings. The van der Waals surface area contributed by atoms with Gasteiger partial charge in [0, 0.05) is 26.2 Å². The van der Waals surface area contributed by atoms with Gasteiger partial charge in [0.2, 0.25) is 5.91 Å². The van der Waals surface area contributed by atoms with E-state index in [9.17, 15) is 9.59 Å². The standard InChI is InChI=1S/C22H25Cl2IN2O3/c1-4-20(22(29)26-14(2)3)27(12-15-5-6-16(23)11-19(15)24)21(28)13-30-18-9-7-17(25)8-10-18/h5-11,14,20H,4,12-13H2,1-3H3,(H,26,29)/t20-/m0/s1. The molecule has 0 bridgehead atoms. The molecule has 1 atom stereocenters. The van der Waals surface area contributed by atoms with Crippen LogP contribution in [0.2, 0.25) is 10.0 Å². The number of hydrogen-bond donors (Lipinski definition) is 1. The molecule has 0 saturated heterocycles. The van der Waals surface area contributed by atoms with E-state index in [1.54, 1.807) is 30.3 Å². The van der Waals surface area contributed by atoms with Crippen LogP contribution in [0.25, 0.3) is 0 Å². The quantitative estimate of drug-likeness (QED) is 0.421. The minimum atomic E-state index is -0.646. The van der Waals surface area contributed by atoms with Crippen LogP contribution in [0.3, 0.4) is 0 Å². The maximum Gasteiger partial charge on any atom is 0.261 e. The molecule has 0 saturated carbocycles. The molecule has 2 rings (SSSR count). The Labute approximate surface area is 201 Å². The zero-order valence-electron chi connectivity index (χ0n) is 17.1. The highest BCUT2D eigenvalue weighted by Gasteiger charge is 2.29. The van der Waals surface area contributed by atoms with E-state index in [1.165, 1.54) is 4.90 Å². The molecule has 2 aromatic rings. The number of ether oxygens (including phenoxy) is 1. The zero-order valence-corrected chi connectivity index (χ0v) is 20.8. The van der Waals surface area contributed by atoms with E-state index < -0.39 is 6.04 Å². The van der Waals surface area contributed by atoms with Gasteiger partial charge in [-0.05, 0) is 84.8 Å². The van der Waals surface area contributed by atoms with E-state index in [2.05, 4.69) is 27.9 Å². The molecule has 0 aliphatic carbocycles. The number of benzene rings is 2. The first kappa shape index (κ1) is 24.8. The summed E-state index contributed by atoms with van der Waals surface area (Å²) in [5.74, 6) is 0.0819. The Morgan fingerprint density at radius 3 is 2.37 bits per heavy atom. The van der Waals surface area contributed by atoms with E-state index in [4.69, 9.17) is 27.9 Å². The number of hydrogen-bond acceptors (Lipinski definition) is 3. The minimum absolute atomic E-state index is 0.0364. The van der Waals surface area contributed by atoms with Crippen LogP contribution in [-0.4, -0.2) is 35.4 Å². The zero-order chi connectivity index (χ0) is 22.3. The third-order valence-electron chi connectivity index (χ3n) is 4.35. The van der Waals surface area contributed by atoms with Crippen LogP contribution in [0.5, 0.6) is 5.75 Å². The Bertz CT molecular complexity index is 875. The summed E-state index contributed by atoms with van der Waals surface area (Å²) in [6, 6.07) is 11.8. The lowest BCUT2D eigenvalue weighted by atomic mass is 10.1. The third kappa shape index (κ3) is 7.32. The van der Waals surface area contributed by atoms with E-state index in [1.807, 2.05) is 32.9 Å². The number of amides is 2. The fourth-order valence-corrected chi connectivity index (χ4v) is 3.72. The first-order chi connectivity index (χ1) is 14.2. The number of carbonyl (C=O) groups is 2.